The summed E-state index contributed by atoms with van der Waals surface area (Å²) in [5, 5.41) is 10.2. The predicted octanol–water partition coefficient (Wildman–Crippen LogP) is 4.71. The van der Waals surface area contributed by atoms with Crippen molar-refractivity contribution in [2.24, 2.45) is 0 Å². The molecule has 4 nitrogen and oxygen atoms in total. The van der Waals surface area contributed by atoms with E-state index < -0.39 is 24.6 Å². The number of hydrogen-bond donors (Lipinski definition) is 1. The monoisotopic (exact) mass is 294 g/mol. The Labute approximate surface area is 118 Å². The van der Waals surface area contributed by atoms with E-state index >= 15 is 0 Å². The highest BCUT2D eigenvalue weighted by Crippen LogP contribution is 2.58. The van der Waals surface area contributed by atoms with Crippen LogP contribution in [0.4, 0.5) is 0 Å². The molecule has 0 unspecified atom stereocenters. The molecule has 0 heterocycles. The van der Waals surface area contributed by atoms with Crippen molar-refractivity contribution >= 4 is 7.60 Å². The summed E-state index contributed by atoms with van der Waals surface area (Å²) < 4.78 is 24.0. The van der Waals surface area contributed by atoms with Gasteiger partial charge in [-0.3, -0.25) is 4.57 Å². The Hall–Kier alpha value is 0.110. The molecule has 0 aromatic heterocycles. The van der Waals surface area contributed by atoms with Gasteiger partial charge in [0.1, 0.15) is 0 Å². The minimum atomic E-state index is -3.54. The van der Waals surface area contributed by atoms with Crippen LogP contribution in [0.5, 0.6) is 0 Å². The van der Waals surface area contributed by atoms with Gasteiger partial charge in [0, 0.05) is 0 Å². The lowest BCUT2D eigenvalue weighted by molar-refractivity contribution is 0.0258. The molecule has 0 aromatic rings. The largest absolute Gasteiger partial charge is 0.380 e. The van der Waals surface area contributed by atoms with Crippen molar-refractivity contribution < 1.29 is 18.7 Å². The Balaban J connectivity index is 4.89. The minimum absolute atomic E-state index is 0.442. The molecule has 0 aliphatic rings. The minimum Gasteiger partial charge on any atom is -0.380 e. The highest BCUT2D eigenvalue weighted by Gasteiger charge is 2.41. The van der Waals surface area contributed by atoms with E-state index in [0.29, 0.717) is 6.42 Å². The van der Waals surface area contributed by atoms with E-state index in [0.717, 1.165) is 19.3 Å². The molecule has 0 aromatic carbocycles. The third-order valence-electron chi connectivity index (χ3n) is 2.23. The lowest BCUT2D eigenvalue weighted by Crippen LogP contribution is -2.28. The second-order valence-electron chi connectivity index (χ2n) is 6.92. The average Bonchev–Trinajstić information content (AvgIpc) is 2.11. The second-order valence-corrected chi connectivity index (χ2v) is 8.96. The predicted molar refractivity (Wildman–Crippen MR) is 79.4 cm³/mol. The van der Waals surface area contributed by atoms with Gasteiger partial charge in [-0.2, -0.15) is 0 Å². The van der Waals surface area contributed by atoms with Crippen LogP contribution < -0.4 is 0 Å². The molecule has 0 fully saturated rings. The van der Waals surface area contributed by atoms with Gasteiger partial charge in [-0.15, -0.1) is 0 Å². The fourth-order valence-corrected chi connectivity index (χ4v) is 3.95. The first-order chi connectivity index (χ1) is 8.40. The maximum absolute atomic E-state index is 12.8. The van der Waals surface area contributed by atoms with Crippen molar-refractivity contribution in [2.75, 3.05) is 0 Å². The molecule has 0 rings (SSSR count). The Morgan fingerprint density at radius 1 is 1.00 bits per heavy atom. The molecule has 0 saturated heterocycles. The number of aliphatic hydroxyl groups is 1. The van der Waals surface area contributed by atoms with Gasteiger partial charge >= 0.3 is 7.60 Å². The van der Waals surface area contributed by atoms with Crippen LogP contribution in [0.25, 0.3) is 0 Å². The van der Waals surface area contributed by atoms with E-state index in [9.17, 15) is 9.67 Å². The number of unbranched alkanes of at least 4 members (excludes halogenated alkanes) is 2. The van der Waals surface area contributed by atoms with Gasteiger partial charge < -0.3 is 14.2 Å². The third-order valence-corrected chi connectivity index (χ3v) is 4.83. The first-order valence-corrected chi connectivity index (χ1v) is 8.70. The van der Waals surface area contributed by atoms with Crippen molar-refractivity contribution in [1.82, 2.24) is 0 Å². The Morgan fingerprint density at radius 3 is 1.74 bits per heavy atom. The number of rotatable bonds is 7. The van der Waals surface area contributed by atoms with Gasteiger partial charge in [-0.1, -0.05) is 26.2 Å². The van der Waals surface area contributed by atoms with Crippen LogP contribution in [-0.2, 0) is 13.6 Å². The van der Waals surface area contributed by atoms with Crippen LogP contribution in [0, 0.1) is 0 Å². The average molecular weight is 294 g/mol. The fraction of sp³-hybridized carbons (Fsp3) is 1.00. The number of hydrogen-bond acceptors (Lipinski definition) is 4. The van der Waals surface area contributed by atoms with Gasteiger partial charge in [0.25, 0.3) is 0 Å². The maximum Gasteiger partial charge on any atom is 0.359 e. The third kappa shape index (κ3) is 8.80. The summed E-state index contributed by atoms with van der Waals surface area (Å²) >= 11 is 0. The summed E-state index contributed by atoms with van der Waals surface area (Å²) in [6, 6.07) is 0. The zero-order valence-electron chi connectivity index (χ0n) is 13.5. The Kier molecular flexibility index (Phi) is 7.26. The normalized spacial score (nSPS) is 15.6. The van der Waals surface area contributed by atoms with Gasteiger partial charge in [0.05, 0.1) is 11.2 Å². The van der Waals surface area contributed by atoms with Crippen molar-refractivity contribution in [3.63, 3.8) is 0 Å². The van der Waals surface area contributed by atoms with Crippen LogP contribution in [0.1, 0.15) is 74.1 Å². The summed E-state index contributed by atoms with van der Waals surface area (Å²) in [5.41, 5.74) is -1.24. The lowest BCUT2D eigenvalue weighted by Gasteiger charge is -2.34. The topological polar surface area (TPSA) is 55.8 Å². The zero-order valence-corrected chi connectivity index (χ0v) is 14.4. The van der Waals surface area contributed by atoms with Crippen LogP contribution in [0.3, 0.4) is 0 Å². The van der Waals surface area contributed by atoms with Crippen LogP contribution in [0.2, 0.25) is 0 Å². The molecule has 0 aliphatic carbocycles. The van der Waals surface area contributed by atoms with Gasteiger partial charge in [0.2, 0.25) is 0 Å². The molecule has 1 N–H and O–H groups in total. The second kappa shape index (κ2) is 7.21. The summed E-state index contributed by atoms with van der Waals surface area (Å²) in [4.78, 5) is 0. The molecule has 116 valence electrons. The van der Waals surface area contributed by atoms with E-state index in [-0.39, 0.29) is 0 Å². The first-order valence-electron chi connectivity index (χ1n) is 7.09. The van der Waals surface area contributed by atoms with E-state index in [1.165, 1.54) is 0 Å². The molecule has 0 radical (unpaired) electrons. The smallest absolute Gasteiger partial charge is 0.359 e. The summed E-state index contributed by atoms with van der Waals surface area (Å²) in [6.45, 7) is 12.9. The van der Waals surface area contributed by atoms with Gasteiger partial charge in [-0.05, 0) is 48.0 Å². The van der Waals surface area contributed by atoms with E-state index in [4.69, 9.17) is 9.05 Å². The van der Waals surface area contributed by atoms with Gasteiger partial charge in [0.15, 0.2) is 5.85 Å². The van der Waals surface area contributed by atoms with Crippen LogP contribution in [0.15, 0.2) is 0 Å². The molecular weight excluding hydrogens is 263 g/mol. The Bertz CT molecular complexity index is 282. The fourth-order valence-electron chi connectivity index (χ4n) is 1.64. The summed E-state index contributed by atoms with van der Waals surface area (Å²) in [5.74, 6) is -1.06. The van der Waals surface area contributed by atoms with E-state index in [2.05, 4.69) is 6.92 Å². The summed E-state index contributed by atoms with van der Waals surface area (Å²) in [7, 11) is -3.54. The van der Waals surface area contributed by atoms with Crippen molar-refractivity contribution in [3.8, 4) is 0 Å². The van der Waals surface area contributed by atoms with Crippen molar-refractivity contribution in [3.05, 3.63) is 0 Å². The molecule has 0 saturated carbocycles. The quantitative estimate of drug-likeness (QED) is 0.546. The SMILES string of the molecule is CCCCC[C@@H](O)P(=O)(OC(C)(C)C)OC(C)(C)C. The Morgan fingerprint density at radius 2 is 1.42 bits per heavy atom. The molecule has 0 spiro atoms. The van der Waals surface area contributed by atoms with E-state index in [1.54, 1.807) is 0 Å². The molecule has 0 aliphatic heterocycles. The molecule has 1 atom stereocenters. The van der Waals surface area contributed by atoms with Crippen LogP contribution in [-0.4, -0.2) is 22.2 Å². The standard InChI is InChI=1S/C14H31O4P/c1-8-9-10-11-12(15)19(16,17-13(2,3)4)18-14(5,6)7/h12,15H,8-11H2,1-7H3/t12-/m0/s1. The van der Waals surface area contributed by atoms with Crippen molar-refractivity contribution in [2.45, 2.75) is 91.2 Å². The molecule has 5 heteroatoms. The molecular formula is C14H31O4P. The first kappa shape index (κ1) is 19.1. The zero-order chi connectivity index (χ0) is 15.3. The maximum atomic E-state index is 12.8. The highest BCUT2D eigenvalue weighted by atomic mass is 31.2. The van der Waals surface area contributed by atoms with Crippen LogP contribution >= 0.6 is 7.60 Å². The highest BCUT2D eigenvalue weighted by molar-refractivity contribution is 7.54. The molecule has 0 bridgehead atoms. The summed E-state index contributed by atoms with van der Waals surface area (Å²) in [6.07, 6.45) is 3.32. The van der Waals surface area contributed by atoms with Crippen molar-refractivity contribution in [1.29, 1.82) is 0 Å². The number of aliphatic hydroxyl groups excluding tert-OH is 1. The van der Waals surface area contributed by atoms with Gasteiger partial charge in [-0.25, -0.2) is 0 Å². The molecule has 0 amide bonds. The molecule has 19 heavy (non-hydrogen) atoms. The lowest BCUT2D eigenvalue weighted by atomic mass is 10.2. The van der Waals surface area contributed by atoms with E-state index in [1.807, 2.05) is 41.5 Å².